The van der Waals surface area contributed by atoms with Crippen LogP contribution in [0.5, 0.6) is 0 Å². The molecule has 3 aromatic rings. The van der Waals surface area contributed by atoms with Crippen LogP contribution in [0.15, 0.2) is 39.4 Å². The molecular weight excluding hydrogens is 469 g/mol. The van der Waals surface area contributed by atoms with E-state index in [0.29, 0.717) is 43.9 Å². The van der Waals surface area contributed by atoms with Crippen LogP contribution >= 0.6 is 0 Å². The van der Waals surface area contributed by atoms with E-state index in [1.54, 1.807) is 12.1 Å². The maximum absolute atomic E-state index is 13.6. The fourth-order valence-electron chi connectivity index (χ4n) is 3.47. The number of amides is 2. The molecule has 0 unspecified atom stereocenters. The molecule has 13 heteroatoms. The first-order chi connectivity index (χ1) is 16.9. The number of nitriles is 1. The second-order valence-electron chi connectivity index (χ2n) is 7.57. The molecule has 1 aromatic carbocycles. The lowest BCUT2D eigenvalue weighted by atomic mass is 10.2. The van der Waals surface area contributed by atoms with Gasteiger partial charge in [-0.15, -0.1) is 0 Å². The van der Waals surface area contributed by atoms with Gasteiger partial charge < -0.3 is 24.4 Å². The van der Waals surface area contributed by atoms with Gasteiger partial charge in [-0.1, -0.05) is 0 Å². The topological polar surface area (TPSA) is 128 Å². The van der Waals surface area contributed by atoms with E-state index in [2.05, 4.69) is 15.6 Å². The summed E-state index contributed by atoms with van der Waals surface area (Å²) in [7, 11) is 0. The Kier molecular flexibility index (Phi) is 7.02. The van der Waals surface area contributed by atoms with Gasteiger partial charge in [-0.3, -0.25) is 14.5 Å². The molecule has 1 aliphatic heterocycles. The number of aromatic nitrogens is 1. The Balaban J connectivity index is 1.24. The minimum atomic E-state index is -1.70. The number of hydrogen-bond donors (Lipinski definition) is 2. The van der Waals surface area contributed by atoms with Crippen molar-refractivity contribution in [2.75, 3.05) is 49.5 Å². The first-order valence-corrected chi connectivity index (χ1v) is 10.5. The number of oxazole rings is 1. The number of rotatable bonds is 7. The van der Waals surface area contributed by atoms with Crippen LogP contribution in [0.3, 0.4) is 0 Å². The number of halogens is 3. The van der Waals surface area contributed by atoms with E-state index in [-0.39, 0.29) is 18.1 Å². The summed E-state index contributed by atoms with van der Waals surface area (Å²) in [6, 6.07) is 6.92. The van der Waals surface area contributed by atoms with Crippen LogP contribution in [0.4, 0.5) is 24.7 Å². The molecular formula is C22H19F3N6O4. The Morgan fingerprint density at radius 3 is 2.54 bits per heavy atom. The van der Waals surface area contributed by atoms with Gasteiger partial charge in [-0.05, 0) is 24.3 Å². The Hall–Kier alpha value is -4.31. The van der Waals surface area contributed by atoms with Crippen LogP contribution in [0.25, 0.3) is 11.7 Å². The average molecular weight is 488 g/mol. The van der Waals surface area contributed by atoms with Crippen LogP contribution in [-0.2, 0) is 9.59 Å². The van der Waals surface area contributed by atoms with Crippen molar-refractivity contribution in [1.29, 1.82) is 5.26 Å². The lowest BCUT2D eigenvalue weighted by molar-refractivity contribution is -0.125. The molecule has 2 aromatic heterocycles. The van der Waals surface area contributed by atoms with Crippen molar-refractivity contribution < 1.29 is 31.6 Å². The van der Waals surface area contributed by atoms with E-state index in [1.165, 1.54) is 6.26 Å². The van der Waals surface area contributed by atoms with Gasteiger partial charge in [0.2, 0.25) is 23.4 Å². The van der Waals surface area contributed by atoms with Crippen LogP contribution in [0.1, 0.15) is 5.69 Å². The summed E-state index contributed by atoms with van der Waals surface area (Å²) in [5.74, 6) is -4.92. The lowest BCUT2D eigenvalue weighted by Crippen LogP contribution is -2.50. The summed E-state index contributed by atoms with van der Waals surface area (Å²) in [4.78, 5) is 32.0. The molecule has 0 saturated carbocycles. The number of benzene rings is 1. The Bertz CT molecular complexity index is 1260. The molecule has 0 radical (unpaired) electrons. The van der Waals surface area contributed by atoms with Gasteiger partial charge >= 0.3 is 0 Å². The molecule has 182 valence electrons. The molecule has 0 spiro atoms. The van der Waals surface area contributed by atoms with Gasteiger partial charge in [0.1, 0.15) is 6.07 Å². The highest BCUT2D eigenvalue weighted by atomic mass is 19.2. The van der Waals surface area contributed by atoms with Gasteiger partial charge in [-0.25, -0.2) is 13.2 Å². The number of nitrogens with one attached hydrogen (secondary N) is 2. The zero-order valence-corrected chi connectivity index (χ0v) is 18.2. The van der Waals surface area contributed by atoms with E-state index in [1.807, 2.05) is 15.9 Å². The Morgan fingerprint density at radius 1 is 1.09 bits per heavy atom. The van der Waals surface area contributed by atoms with Crippen molar-refractivity contribution in [3.8, 4) is 17.7 Å². The number of anilines is 2. The van der Waals surface area contributed by atoms with Crippen molar-refractivity contribution in [3.63, 3.8) is 0 Å². The van der Waals surface area contributed by atoms with Crippen molar-refractivity contribution in [3.05, 3.63) is 53.7 Å². The monoisotopic (exact) mass is 488 g/mol. The van der Waals surface area contributed by atoms with Gasteiger partial charge in [0.05, 0.1) is 25.0 Å². The maximum Gasteiger partial charge on any atom is 0.266 e. The second kappa shape index (κ2) is 10.3. The molecule has 1 aliphatic rings. The molecule has 0 atom stereocenters. The standard InChI is InChI=1S/C22H19F3N6O4/c23-13-3-4-14(20(25)19(13)24)28-17(32)11-27-18(33)12-30-5-7-31(8-6-30)22-15(10-26)29-21(35-22)16-2-1-9-34-16/h1-4,9H,5-8,11-12H2,(H,27,33)(H,28,32). The molecule has 2 amide bonds. The molecule has 1 fully saturated rings. The smallest absolute Gasteiger partial charge is 0.266 e. The SMILES string of the molecule is N#Cc1nc(-c2ccco2)oc1N1CCN(CC(=O)NCC(=O)Nc2ccc(F)c(F)c2F)CC1. The van der Waals surface area contributed by atoms with E-state index in [4.69, 9.17) is 8.83 Å². The third-order valence-electron chi connectivity index (χ3n) is 5.23. The van der Waals surface area contributed by atoms with Crippen molar-refractivity contribution in [2.24, 2.45) is 0 Å². The Morgan fingerprint density at radius 2 is 1.86 bits per heavy atom. The van der Waals surface area contributed by atoms with E-state index >= 15 is 0 Å². The van der Waals surface area contributed by atoms with Crippen molar-refractivity contribution >= 4 is 23.4 Å². The van der Waals surface area contributed by atoms with Crippen LogP contribution in [0.2, 0.25) is 0 Å². The van der Waals surface area contributed by atoms with Crippen LogP contribution in [0, 0.1) is 28.8 Å². The van der Waals surface area contributed by atoms with Crippen molar-refractivity contribution in [1.82, 2.24) is 15.2 Å². The summed E-state index contributed by atoms with van der Waals surface area (Å²) in [5.41, 5.74) is -0.398. The van der Waals surface area contributed by atoms with Gasteiger partial charge in [0.15, 0.2) is 23.2 Å². The van der Waals surface area contributed by atoms with E-state index in [0.717, 1.165) is 6.07 Å². The molecule has 2 N–H and O–H groups in total. The molecule has 1 saturated heterocycles. The molecule has 4 rings (SSSR count). The number of furan rings is 1. The van der Waals surface area contributed by atoms with Crippen LogP contribution in [-0.4, -0.2) is 61.0 Å². The zero-order valence-electron chi connectivity index (χ0n) is 18.2. The summed E-state index contributed by atoms with van der Waals surface area (Å²) in [5, 5.41) is 13.9. The largest absolute Gasteiger partial charge is 0.459 e. The quantitative estimate of drug-likeness (QED) is 0.484. The minimum Gasteiger partial charge on any atom is -0.459 e. The Labute approximate surface area is 196 Å². The second-order valence-corrected chi connectivity index (χ2v) is 7.57. The van der Waals surface area contributed by atoms with E-state index < -0.39 is 41.5 Å². The molecule has 3 heterocycles. The van der Waals surface area contributed by atoms with E-state index in [9.17, 15) is 28.0 Å². The summed E-state index contributed by atoms with van der Waals surface area (Å²) in [6.45, 7) is 1.40. The predicted octanol–water partition coefficient (Wildman–Crippen LogP) is 2.10. The lowest BCUT2D eigenvalue weighted by Gasteiger charge is -2.33. The average Bonchev–Trinajstić information content (AvgIpc) is 3.54. The highest BCUT2D eigenvalue weighted by Gasteiger charge is 2.26. The molecule has 0 bridgehead atoms. The fourth-order valence-corrected chi connectivity index (χ4v) is 3.47. The number of carbonyl (C=O) groups is 2. The number of piperazine rings is 1. The van der Waals surface area contributed by atoms with Gasteiger partial charge in [0, 0.05) is 26.2 Å². The third-order valence-corrected chi connectivity index (χ3v) is 5.23. The third kappa shape index (κ3) is 5.44. The first-order valence-electron chi connectivity index (χ1n) is 10.5. The number of hydrogen-bond acceptors (Lipinski definition) is 8. The highest BCUT2D eigenvalue weighted by Crippen LogP contribution is 2.29. The van der Waals surface area contributed by atoms with Crippen LogP contribution < -0.4 is 15.5 Å². The normalized spacial score (nSPS) is 13.9. The fraction of sp³-hybridized carbons (Fsp3) is 0.273. The summed E-state index contributed by atoms with van der Waals surface area (Å²) in [6.07, 6.45) is 1.47. The molecule has 0 aliphatic carbocycles. The van der Waals surface area contributed by atoms with Crippen molar-refractivity contribution in [2.45, 2.75) is 0 Å². The molecule has 10 nitrogen and oxygen atoms in total. The van der Waals surface area contributed by atoms with Gasteiger partial charge in [-0.2, -0.15) is 10.2 Å². The number of nitrogens with zero attached hydrogens (tertiary/aromatic N) is 4. The molecule has 35 heavy (non-hydrogen) atoms. The first kappa shape index (κ1) is 23.8. The van der Waals surface area contributed by atoms with Gasteiger partial charge in [0.25, 0.3) is 5.89 Å². The summed E-state index contributed by atoms with van der Waals surface area (Å²) >= 11 is 0. The maximum atomic E-state index is 13.6. The predicted molar refractivity (Wildman–Crippen MR) is 116 cm³/mol. The minimum absolute atomic E-state index is 0.000184. The zero-order chi connectivity index (χ0) is 24.9. The number of carbonyl (C=O) groups excluding carboxylic acids is 2. The summed E-state index contributed by atoms with van der Waals surface area (Å²) < 4.78 is 50.8. The highest BCUT2D eigenvalue weighted by molar-refractivity contribution is 5.94.